The summed E-state index contributed by atoms with van der Waals surface area (Å²) in [5, 5.41) is 0. The minimum Gasteiger partial charge on any atom is -0.472 e. The molecule has 0 spiro atoms. The standard InChI is InChI=1S/C13H18O4/c1-16-13(15)7-5-3-2-4-6-11-9-17-10-12(11)8-14/h8-10H,2-7H2,1H3. The molecule has 4 nitrogen and oxygen atoms in total. The van der Waals surface area contributed by atoms with Gasteiger partial charge in [-0.25, -0.2) is 0 Å². The van der Waals surface area contributed by atoms with Crippen molar-refractivity contribution in [1.82, 2.24) is 0 Å². The summed E-state index contributed by atoms with van der Waals surface area (Å²) in [6, 6.07) is 0. The summed E-state index contributed by atoms with van der Waals surface area (Å²) in [4.78, 5) is 21.5. The smallest absolute Gasteiger partial charge is 0.305 e. The van der Waals surface area contributed by atoms with Crippen LogP contribution < -0.4 is 0 Å². The number of hydrogen-bond acceptors (Lipinski definition) is 4. The van der Waals surface area contributed by atoms with Crippen molar-refractivity contribution in [3.8, 4) is 0 Å². The first-order chi connectivity index (χ1) is 8.27. The van der Waals surface area contributed by atoms with Crippen LogP contribution in [0.15, 0.2) is 16.9 Å². The Balaban J connectivity index is 2.08. The number of aldehydes is 1. The van der Waals surface area contributed by atoms with E-state index in [0.717, 1.165) is 44.0 Å². The van der Waals surface area contributed by atoms with E-state index in [1.165, 1.54) is 13.4 Å². The van der Waals surface area contributed by atoms with Crippen LogP contribution >= 0.6 is 0 Å². The van der Waals surface area contributed by atoms with Crippen molar-refractivity contribution in [2.75, 3.05) is 7.11 Å². The molecule has 0 atom stereocenters. The first kappa shape index (κ1) is 13.5. The summed E-state index contributed by atoms with van der Waals surface area (Å²) in [5.74, 6) is -0.150. The number of esters is 1. The van der Waals surface area contributed by atoms with Crippen molar-refractivity contribution in [2.24, 2.45) is 0 Å². The number of carbonyl (C=O) groups excluding carboxylic acids is 2. The van der Waals surface area contributed by atoms with E-state index in [1.807, 2.05) is 0 Å². The molecule has 0 aromatic carbocycles. The third kappa shape index (κ3) is 4.85. The number of methoxy groups -OCH3 is 1. The summed E-state index contributed by atoms with van der Waals surface area (Å²) >= 11 is 0. The van der Waals surface area contributed by atoms with E-state index in [-0.39, 0.29) is 5.97 Å². The maximum Gasteiger partial charge on any atom is 0.305 e. The Morgan fingerprint density at radius 1 is 1.29 bits per heavy atom. The van der Waals surface area contributed by atoms with Gasteiger partial charge < -0.3 is 9.15 Å². The Kier molecular flexibility index (Phi) is 6.07. The molecule has 1 rings (SSSR count). The molecule has 1 aromatic heterocycles. The van der Waals surface area contributed by atoms with E-state index in [1.54, 1.807) is 6.26 Å². The largest absolute Gasteiger partial charge is 0.472 e. The second kappa shape index (κ2) is 7.65. The van der Waals surface area contributed by atoms with Gasteiger partial charge in [0.05, 0.1) is 18.9 Å². The van der Waals surface area contributed by atoms with Gasteiger partial charge in [0.2, 0.25) is 0 Å². The van der Waals surface area contributed by atoms with Crippen LogP contribution in [-0.4, -0.2) is 19.4 Å². The quantitative estimate of drug-likeness (QED) is 0.397. The normalized spacial score (nSPS) is 10.2. The van der Waals surface area contributed by atoms with E-state index in [4.69, 9.17) is 4.42 Å². The van der Waals surface area contributed by atoms with Crippen molar-refractivity contribution < 1.29 is 18.7 Å². The van der Waals surface area contributed by atoms with Crippen molar-refractivity contribution in [2.45, 2.75) is 38.5 Å². The molecule has 0 unspecified atom stereocenters. The average Bonchev–Trinajstić information content (AvgIpc) is 2.80. The lowest BCUT2D eigenvalue weighted by molar-refractivity contribution is -0.140. The molecule has 0 N–H and O–H groups in total. The summed E-state index contributed by atoms with van der Waals surface area (Å²) in [5.41, 5.74) is 1.60. The Hall–Kier alpha value is -1.58. The maximum atomic E-state index is 10.8. The number of aryl methyl sites for hydroxylation is 1. The predicted molar refractivity (Wildman–Crippen MR) is 62.9 cm³/mol. The van der Waals surface area contributed by atoms with E-state index in [9.17, 15) is 9.59 Å². The Labute approximate surface area is 101 Å². The molecule has 0 saturated heterocycles. The van der Waals surface area contributed by atoms with Gasteiger partial charge in [-0.15, -0.1) is 0 Å². The van der Waals surface area contributed by atoms with Gasteiger partial charge in [0, 0.05) is 12.0 Å². The van der Waals surface area contributed by atoms with Gasteiger partial charge in [-0.2, -0.15) is 0 Å². The fourth-order valence-corrected chi connectivity index (χ4v) is 1.68. The number of unbranched alkanes of at least 4 members (excludes halogenated alkanes) is 3. The second-order valence-corrected chi connectivity index (χ2v) is 3.96. The molecule has 0 aliphatic heterocycles. The van der Waals surface area contributed by atoms with Gasteiger partial charge >= 0.3 is 5.97 Å². The monoisotopic (exact) mass is 238 g/mol. The van der Waals surface area contributed by atoms with Crippen LogP contribution in [0.4, 0.5) is 0 Å². The highest BCUT2D eigenvalue weighted by molar-refractivity contribution is 5.76. The van der Waals surface area contributed by atoms with Gasteiger partial charge in [-0.1, -0.05) is 12.8 Å². The van der Waals surface area contributed by atoms with Crippen LogP contribution in [0.3, 0.4) is 0 Å². The molecular formula is C13H18O4. The summed E-state index contributed by atoms with van der Waals surface area (Å²) in [7, 11) is 1.40. The molecular weight excluding hydrogens is 220 g/mol. The Bertz CT molecular complexity index is 354. The van der Waals surface area contributed by atoms with Crippen molar-refractivity contribution in [1.29, 1.82) is 0 Å². The molecule has 94 valence electrons. The highest BCUT2D eigenvalue weighted by Crippen LogP contribution is 2.13. The zero-order valence-corrected chi connectivity index (χ0v) is 10.1. The van der Waals surface area contributed by atoms with Crippen LogP contribution in [-0.2, 0) is 16.0 Å². The molecule has 1 aromatic rings. The average molecular weight is 238 g/mol. The van der Waals surface area contributed by atoms with Crippen LogP contribution in [0.1, 0.15) is 48.0 Å². The first-order valence-electron chi connectivity index (χ1n) is 5.85. The van der Waals surface area contributed by atoms with Gasteiger partial charge in [0.25, 0.3) is 0 Å². The van der Waals surface area contributed by atoms with Crippen LogP contribution in [0.2, 0.25) is 0 Å². The first-order valence-corrected chi connectivity index (χ1v) is 5.85. The molecule has 0 fully saturated rings. The maximum absolute atomic E-state index is 10.8. The third-order valence-electron chi connectivity index (χ3n) is 2.71. The number of ether oxygens (including phenoxy) is 1. The second-order valence-electron chi connectivity index (χ2n) is 3.96. The van der Waals surface area contributed by atoms with E-state index in [0.29, 0.717) is 12.0 Å². The molecule has 0 amide bonds. The Morgan fingerprint density at radius 2 is 2.06 bits per heavy atom. The van der Waals surface area contributed by atoms with Crippen molar-refractivity contribution >= 4 is 12.3 Å². The summed E-state index contributed by atoms with van der Waals surface area (Å²) < 4.78 is 9.52. The summed E-state index contributed by atoms with van der Waals surface area (Å²) in [6.07, 6.45) is 9.16. The minimum atomic E-state index is -0.150. The fourth-order valence-electron chi connectivity index (χ4n) is 1.68. The molecule has 0 aliphatic rings. The van der Waals surface area contributed by atoms with Gasteiger partial charge in [-0.05, 0) is 19.3 Å². The number of rotatable bonds is 8. The molecule has 0 aliphatic carbocycles. The fraction of sp³-hybridized carbons (Fsp3) is 0.538. The summed E-state index contributed by atoms with van der Waals surface area (Å²) in [6.45, 7) is 0. The highest BCUT2D eigenvalue weighted by Gasteiger charge is 2.04. The molecule has 0 radical (unpaired) electrons. The van der Waals surface area contributed by atoms with Gasteiger partial charge in [-0.3, -0.25) is 9.59 Å². The predicted octanol–water partition coefficient (Wildman–Crippen LogP) is 2.76. The molecule has 0 bridgehead atoms. The third-order valence-corrected chi connectivity index (χ3v) is 2.71. The SMILES string of the molecule is COC(=O)CCCCCCc1cocc1C=O. The Morgan fingerprint density at radius 3 is 2.76 bits per heavy atom. The van der Waals surface area contributed by atoms with Crippen molar-refractivity contribution in [3.05, 3.63) is 23.7 Å². The minimum absolute atomic E-state index is 0.150. The molecule has 1 heterocycles. The zero-order valence-electron chi connectivity index (χ0n) is 10.1. The zero-order chi connectivity index (χ0) is 12.5. The lowest BCUT2D eigenvalue weighted by Crippen LogP contribution is -1.99. The van der Waals surface area contributed by atoms with Crippen LogP contribution in [0, 0.1) is 0 Å². The molecule has 4 heteroatoms. The number of hydrogen-bond donors (Lipinski definition) is 0. The van der Waals surface area contributed by atoms with Crippen LogP contribution in [0.5, 0.6) is 0 Å². The number of furan rings is 1. The van der Waals surface area contributed by atoms with E-state index in [2.05, 4.69) is 4.74 Å². The lowest BCUT2D eigenvalue weighted by Gasteiger charge is -2.00. The molecule has 0 saturated carbocycles. The lowest BCUT2D eigenvalue weighted by atomic mass is 10.1. The topological polar surface area (TPSA) is 56.5 Å². The van der Waals surface area contributed by atoms with Gasteiger partial charge in [0.15, 0.2) is 6.29 Å². The number of carbonyl (C=O) groups is 2. The highest BCUT2D eigenvalue weighted by atomic mass is 16.5. The van der Waals surface area contributed by atoms with Crippen molar-refractivity contribution in [3.63, 3.8) is 0 Å². The van der Waals surface area contributed by atoms with E-state index < -0.39 is 0 Å². The van der Waals surface area contributed by atoms with E-state index >= 15 is 0 Å². The van der Waals surface area contributed by atoms with Crippen LogP contribution in [0.25, 0.3) is 0 Å². The van der Waals surface area contributed by atoms with Gasteiger partial charge in [0.1, 0.15) is 6.26 Å². The molecule has 17 heavy (non-hydrogen) atoms.